The van der Waals surface area contributed by atoms with Gasteiger partial charge >= 0.3 is 4.87 Å². The number of hydrogen-bond donors (Lipinski definition) is 0. The van der Waals surface area contributed by atoms with Gasteiger partial charge in [0.25, 0.3) is 0 Å². The number of thiazole rings is 1. The average Bonchev–Trinajstić information content (AvgIpc) is 3.36. The van der Waals surface area contributed by atoms with Gasteiger partial charge in [-0.1, -0.05) is 71.1 Å². The van der Waals surface area contributed by atoms with Gasteiger partial charge in [-0.3, -0.25) is 23.7 Å². The van der Waals surface area contributed by atoms with Gasteiger partial charge in [0.05, 0.1) is 29.8 Å². The van der Waals surface area contributed by atoms with E-state index in [1.165, 1.54) is 21.2 Å². The number of hydrogen-bond acceptors (Lipinski definition) is 7. The highest BCUT2D eigenvalue weighted by Gasteiger charge is 2.56. The molecule has 0 bridgehead atoms. The first kappa shape index (κ1) is 24.1. The summed E-state index contributed by atoms with van der Waals surface area (Å²) in [6.45, 7) is 3.78. The molecule has 0 unspecified atom stereocenters. The number of rotatable bonds is 4. The molecule has 3 aliphatic heterocycles. The summed E-state index contributed by atoms with van der Waals surface area (Å²) in [5.74, 6) is -1.80. The molecule has 3 aromatic rings. The summed E-state index contributed by atoms with van der Waals surface area (Å²) in [4.78, 5) is 57.3. The number of morpholine rings is 1. The number of carbonyl (C=O) groups is 3. The molecule has 2 fully saturated rings. The van der Waals surface area contributed by atoms with E-state index in [9.17, 15) is 19.2 Å². The summed E-state index contributed by atoms with van der Waals surface area (Å²) >= 11 is 2.31. The van der Waals surface area contributed by atoms with Crippen LogP contribution in [0.2, 0.25) is 0 Å². The zero-order valence-electron chi connectivity index (χ0n) is 20.2. The van der Waals surface area contributed by atoms with Crippen LogP contribution in [-0.2, 0) is 25.7 Å². The number of aromatic nitrogens is 1. The fraction of sp³-hybridized carbons (Fsp3) is 0.333. The summed E-state index contributed by atoms with van der Waals surface area (Å²) in [6.07, 6.45) is 0. The smallest absolute Gasteiger partial charge is 0.308 e. The van der Waals surface area contributed by atoms with Gasteiger partial charge in [0.15, 0.2) is 0 Å². The van der Waals surface area contributed by atoms with Crippen molar-refractivity contribution >= 4 is 46.5 Å². The Morgan fingerprint density at radius 1 is 0.973 bits per heavy atom. The number of nitrogens with zero attached hydrogens (tertiary/aromatic N) is 3. The van der Waals surface area contributed by atoms with E-state index in [0.29, 0.717) is 37.0 Å². The second kappa shape index (κ2) is 9.59. The Labute approximate surface area is 221 Å². The molecule has 3 amide bonds. The van der Waals surface area contributed by atoms with Crippen molar-refractivity contribution in [2.45, 2.75) is 29.7 Å². The van der Waals surface area contributed by atoms with Crippen LogP contribution in [0.3, 0.4) is 0 Å². The average molecular weight is 536 g/mol. The van der Waals surface area contributed by atoms with Gasteiger partial charge in [0, 0.05) is 23.9 Å². The highest BCUT2D eigenvalue weighted by atomic mass is 32.2. The number of anilines is 1. The van der Waals surface area contributed by atoms with Gasteiger partial charge in [-0.15, -0.1) is 0 Å². The fourth-order valence-corrected chi connectivity index (χ4v) is 8.04. The van der Waals surface area contributed by atoms with E-state index in [0.717, 1.165) is 27.3 Å². The first-order valence-electron chi connectivity index (χ1n) is 12.2. The Bertz CT molecular complexity index is 1430. The van der Waals surface area contributed by atoms with Crippen LogP contribution >= 0.6 is 23.1 Å². The summed E-state index contributed by atoms with van der Waals surface area (Å²) in [6, 6.07) is 16.9. The SMILES string of the molecule is Cc1ccc(N2C(=O)[C@H]3[C@H](c4ccccc4)c4sc(=O)n(CC(=O)N5CCOCC5)c4S[C@H]3C2=O)cc1. The van der Waals surface area contributed by atoms with E-state index < -0.39 is 17.1 Å². The van der Waals surface area contributed by atoms with Crippen LogP contribution in [0.25, 0.3) is 0 Å². The first-order chi connectivity index (χ1) is 17.9. The maximum Gasteiger partial charge on any atom is 0.308 e. The third kappa shape index (κ3) is 4.13. The monoisotopic (exact) mass is 535 g/mol. The van der Waals surface area contributed by atoms with Crippen LogP contribution in [0.5, 0.6) is 0 Å². The summed E-state index contributed by atoms with van der Waals surface area (Å²) < 4.78 is 6.83. The highest BCUT2D eigenvalue weighted by molar-refractivity contribution is 8.00. The van der Waals surface area contributed by atoms with Gasteiger partial charge < -0.3 is 9.64 Å². The molecule has 3 atom stereocenters. The van der Waals surface area contributed by atoms with Crippen molar-refractivity contribution in [3.63, 3.8) is 0 Å². The molecule has 190 valence electrons. The van der Waals surface area contributed by atoms with Crippen LogP contribution in [-0.4, -0.2) is 58.7 Å². The molecule has 10 heteroatoms. The molecule has 0 N–H and O–H groups in total. The van der Waals surface area contributed by atoms with Gasteiger partial charge in [-0.05, 0) is 24.6 Å². The van der Waals surface area contributed by atoms with Crippen molar-refractivity contribution in [2.24, 2.45) is 5.92 Å². The third-order valence-corrected chi connectivity index (χ3v) is 9.76. The van der Waals surface area contributed by atoms with E-state index in [1.807, 2.05) is 49.4 Å². The Balaban J connectivity index is 1.42. The molecule has 0 radical (unpaired) electrons. The maximum absolute atomic E-state index is 13.8. The predicted octanol–water partition coefficient (Wildman–Crippen LogP) is 2.87. The molecule has 1 aromatic heterocycles. The van der Waals surface area contributed by atoms with E-state index >= 15 is 0 Å². The summed E-state index contributed by atoms with van der Waals surface area (Å²) in [5.41, 5.74) is 2.46. The lowest BCUT2D eigenvalue weighted by Gasteiger charge is -2.31. The van der Waals surface area contributed by atoms with Gasteiger partial charge in [0.2, 0.25) is 17.7 Å². The minimum absolute atomic E-state index is 0.0968. The van der Waals surface area contributed by atoms with Crippen molar-refractivity contribution < 1.29 is 19.1 Å². The van der Waals surface area contributed by atoms with E-state index in [4.69, 9.17) is 4.74 Å². The molecule has 0 saturated carbocycles. The molecular formula is C27H25N3O5S2. The van der Waals surface area contributed by atoms with Crippen molar-refractivity contribution in [3.05, 3.63) is 80.3 Å². The lowest BCUT2D eigenvalue weighted by molar-refractivity contribution is -0.136. The van der Waals surface area contributed by atoms with Gasteiger partial charge in [0.1, 0.15) is 11.8 Å². The van der Waals surface area contributed by atoms with Crippen molar-refractivity contribution in [1.82, 2.24) is 9.47 Å². The van der Waals surface area contributed by atoms with Crippen LogP contribution in [0.1, 0.15) is 21.9 Å². The second-order valence-electron chi connectivity index (χ2n) is 9.42. The second-order valence-corrected chi connectivity index (χ2v) is 11.5. The number of fused-ring (bicyclic) bond motifs is 2. The van der Waals surface area contributed by atoms with E-state index in [2.05, 4.69) is 0 Å². The summed E-state index contributed by atoms with van der Waals surface area (Å²) in [7, 11) is 0. The van der Waals surface area contributed by atoms with E-state index in [-0.39, 0.29) is 29.1 Å². The number of amides is 3. The number of benzene rings is 2. The lowest BCUT2D eigenvalue weighted by atomic mass is 9.83. The number of carbonyl (C=O) groups excluding carboxylic acids is 3. The Morgan fingerprint density at radius 3 is 2.38 bits per heavy atom. The molecule has 3 aliphatic rings. The number of imide groups is 1. The Kier molecular flexibility index (Phi) is 6.26. The fourth-order valence-electron chi connectivity index (χ4n) is 5.27. The molecule has 37 heavy (non-hydrogen) atoms. The Morgan fingerprint density at radius 2 is 1.68 bits per heavy atom. The molecular weight excluding hydrogens is 510 g/mol. The molecule has 0 spiro atoms. The molecule has 2 saturated heterocycles. The molecule has 2 aromatic carbocycles. The minimum Gasteiger partial charge on any atom is -0.378 e. The Hall–Kier alpha value is -3.21. The molecule has 8 nitrogen and oxygen atoms in total. The quantitative estimate of drug-likeness (QED) is 0.478. The van der Waals surface area contributed by atoms with Crippen molar-refractivity contribution in [1.29, 1.82) is 0 Å². The standard InChI is InChI=1S/C27H25N3O5S2/c1-16-7-9-18(10-8-16)30-24(32)21-20(17-5-3-2-4-6-17)23-26(36-22(21)25(30)33)29(27(34)37-23)15-19(31)28-11-13-35-14-12-28/h2-10,20-22H,11-15H2,1H3/t20-,21-,22+/m0/s1. The van der Waals surface area contributed by atoms with E-state index in [1.54, 1.807) is 17.0 Å². The first-order valence-corrected chi connectivity index (χ1v) is 13.9. The van der Waals surface area contributed by atoms with Crippen LogP contribution in [0, 0.1) is 12.8 Å². The summed E-state index contributed by atoms with van der Waals surface area (Å²) in [5, 5.41) is -0.0798. The number of ether oxygens (including phenoxy) is 1. The molecule has 0 aliphatic carbocycles. The number of thioether (sulfide) groups is 1. The minimum atomic E-state index is -0.690. The van der Waals surface area contributed by atoms with Gasteiger partial charge in [-0.25, -0.2) is 4.90 Å². The zero-order valence-corrected chi connectivity index (χ0v) is 21.8. The maximum atomic E-state index is 13.8. The largest absolute Gasteiger partial charge is 0.378 e. The predicted molar refractivity (Wildman–Crippen MR) is 141 cm³/mol. The van der Waals surface area contributed by atoms with Crippen molar-refractivity contribution in [2.75, 3.05) is 31.2 Å². The highest BCUT2D eigenvalue weighted by Crippen LogP contribution is 2.53. The topological polar surface area (TPSA) is 88.9 Å². The van der Waals surface area contributed by atoms with Crippen LogP contribution < -0.4 is 9.77 Å². The lowest BCUT2D eigenvalue weighted by Crippen LogP contribution is -2.43. The van der Waals surface area contributed by atoms with Gasteiger partial charge in [-0.2, -0.15) is 0 Å². The molecule has 6 rings (SSSR count). The molecule has 4 heterocycles. The third-order valence-electron chi connectivity index (χ3n) is 7.16. The van der Waals surface area contributed by atoms with Crippen LogP contribution in [0.15, 0.2) is 64.4 Å². The zero-order chi connectivity index (χ0) is 25.7. The normalized spacial score (nSPS) is 23.2. The van der Waals surface area contributed by atoms with Crippen LogP contribution in [0.4, 0.5) is 5.69 Å². The number of aryl methyl sites for hydroxylation is 1. The van der Waals surface area contributed by atoms with Crippen molar-refractivity contribution in [3.8, 4) is 0 Å².